The van der Waals surface area contributed by atoms with Crippen LogP contribution < -0.4 is 9.47 Å². The van der Waals surface area contributed by atoms with Crippen LogP contribution in [0.15, 0.2) is 54.1 Å². The van der Waals surface area contributed by atoms with Crippen molar-refractivity contribution in [2.24, 2.45) is 18.9 Å². The zero-order valence-electron chi connectivity index (χ0n) is 16.6. The molecule has 2 aliphatic heterocycles. The minimum absolute atomic E-state index is 0.0914. The van der Waals surface area contributed by atoms with Crippen molar-refractivity contribution < 1.29 is 22.3 Å². The second-order valence-electron chi connectivity index (χ2n) is 7.64. The molecule has 0 saturated carbocycles. The van der Waals surface area contributed by atoms with Gasteiger partial charge in [-0.1, -0.05) is 0 Å². The van der Waals surface area contributed by atoms with Gasteiger partial charge in [0, 0.05) is 49.6 Å². The third-order valence-corrected chi connectivity index (χ3v) is 7.53. The summed E-state index contributed by atoms with van der Waals surface area (Å²) in [5.41, 5.74) is 0.519. The molecule has 0 aliphatic carbocycles. The topological polar surface area (TPSA) is 99.4 Å². The van der Waals surface area contributed by atoms with E-state index in [1.165, 1.54) is 45.9 Å². The van der Waals surface area contributed by atoms with E-state index in [0.717, 1.165) is 0 Å². The first-order chi connectivity index (χ1) is 14.9. The molecule has 1 aromatic carbocycles. The summed E-state index contributed by atoms with van der Waals surface area (Å²) >= 11 is 0. The summed E-state index contributed by atoms with van der Waals surface area (Å²) in [6.45, 7) is 0.732. The molecule has 0 spiro atoms. The van der Waals surface area contributed by atoms with Crippen LogP contribution in [0, 0.1) is 17.7 Å². The fourth-order valence-electron chi connectivity index (χ4n) is 4.28. The average molecular weight is 445 g/mol. The number of ether oxygens (including phenoxy) is 2. The van der Waals surface area contributed by atoms with Gasteiger partial charge in [-0.25, -0.2) is 17.8 Å². The van der Waals surface area contributed by atoms with Gasteiger partial charge in [0.05, 0.1) is 31.6 Å². The zero-order valence-corrected chi connectivity index (χ0v) is 17.4. The molecule has 162 valence electrons. The highest BCUT2D eigenvalue weighted by Gasteiger charge is 2.51. The van der Waals surface area contributed by atoms with E-state index in [0.29, 0.717) is 23.8 Å². The van der Waals surface area contributed by atoms with Crippen LogP contribution in [-0.2, 0) is 17.1 Å². The molecule has 11 heteroatoms. The molecule has 3 aromatic rings. The molecule has 3 atom stereocenters. The quantitative estimate of drug-likeness (QED) is 0.590. The minimum atomic E-state index is -3.87. The van der Waals surface area contributed by atoms with Gasteiger partial charge in [0.2, 0.25) is 15.9 Å². The molecule has 0 N–H and O–H groups in total. The first-order valence-corrected chi connectivity index (χ1v) is 11.2. The van der Waals surface area contributed by atoms with Crippen molar-refractivity contribution in [3.8, 4) is 11.6 Å². The van der Waals surface area contributed by atoms with E-state index in [1.54, 1.807) is 19.3 Å². The van der Waals surface area contributed by atoms with Crippen molar-refractivity contribution in [1.82, 2.24) is 24.1 Å². The monoisotopic (exact) mass is 445 g/mol. The van der Waals surface area contributed by atoms with Gasteiger partial charge in [0.1, 0.15) is 16.5 Å². The van der Waals surface area contributed by atoms with Gasteiger partial charge < -0.3 is 9.47 Å². The molecule has 2 aromatic heterocycles. The Kier molecular flexibility index (Phi) is 4.86. The smallest absolute Gasteiger partial charge is 0.246 e. The first-order valence-electron chi connectivity index (χ1n) is 9.75. The number of benzene rings is 1. The Labute approximate surface area is 178 Å². The van der Waals surface area contributed by atoms with Crippen molar-refractivity contribution in [3.05, 3.63) is 60.6 Å². The molecule has 2 aliphatic rings. The number of aromatic nitrogens is 4. The van der Waals surface area contributed by atoms with Crippen LogP contribution in [0.3, 0.4) is 0 Å². The maximum absolute atomic E-state index is 14.1. The van der Waals surface area contributed by atoms with E-state index in [4.69, 9.17) is 9.47 Å². The molecule has 0 amide bonds. The van der Waals surface area contributed by atoms with Gasteiger partial charge in [-0.3, -0.25) is 9.67 Å². The van der Waals surface area contributed by atoms with Crippen molar-refractivity contribution in [2.45, 2.75) is 10.9 Å². The van der Waals surface area contributed by atoms with Crippen LogP contribution in [0.2, 0.25) is 0 Å². The Morgan fingerprint density at radius 1 is 1.29 bits per heavy atom. The van der Waals surface area contributed by atoms with E-state index in [1.807, 2.05) is 0 Å². The minimum Gasteiger partial charge on any atom is -0.493 e. The van der Waals surface area contributed by atoms with Crippen molar-refractivity contribution in [2.75, 3.05) is 19.8 Å². The summed E-state index contributed by atoms with van der Waals surface area (Å²) in [4.78, 5) is 8.17. The van der Waals surface area contributed by atoms with Crippen LogP contribution in [0.4, 0.5) is 4.39 Å². The first kappa shape index (κ1) is 19.9. The van der Waals surface area contributed by atoms with Crippen LogP contribution >= 0.6 is 0 Å². The maximum atomic E-state index is 14.1. The lowest BCUT2D eigenvalue weighted by Gasteiger charge is -2.33. The SMILES string of the molecule is Cn1cc(S(=O)(=O)N2C[C@@H](COc3cnccn3)[C@@H]3COc4ccc(F)cc4[C@@H]32)cn1. The Balaban J connectivity index is 1.52. The average Bonchev–Trinajstić information content (AvgIpc) is 3.37. The number of halogens is 1. The Hall–Kier alpha value is -3.05. The molecular formula is C20H20FN5O4S. The lowest BCUT2D eigenvalue weighted by molar-refractivity contribution is 0.134. The Morgan fingerprint density at radius 3 is 2.90 bits per heavy atom. The maximum Gasteiger partial charge on any atom is 0.246 e. The van der Waals surface area contributed by atoms with Gasteiger partial charge in [-0.05, 0) is 18.2 Å². The number of aryl methyl sites for hydroxylation is 1. The summed E-state index contributed by atoms with van der Waals surface area (Å²) < 4.78 is 55.6. The normalized spacial score (nSPS) is 23.1. The summed E-state index contributed by atoms with van der Waals surface area (Å²) in [7, 11) is -2.22. The number of nitrogens with zero attached hydrogens (tertiary/aromatic N) is 5. The second-order valence-corrected chi connectivity index (χ2v) is 9.53. The van der Waals surface area contributed by atoms with Crippen molar-refractivity contribution in [1.29, 1.82) is 0 Å². The van der Waals surface area contributed by atoms with Gasteiger partial charge in [0.15, 0.2) is 0 Å². The third-order valence-electron chi connectivity index (χ3n) is 5.73. The molecular weight excluding hydrogens is 425 g/mol. The predicted octanol–water partition coefficient (Wildman–Crippen LogP) is 1.80. The van der Waals surface area contributed by atoms with E-state index in [9.17, 15) is 12.8 Å². The van der Waals surface area contributed by atoms with Crippen molar-refractivity contribution in [3.63, 3.8) is 0 Å². The predicted molar refractivity (Wildman–Crippen MR) is 106 cm³/mol. The summed E-state index contributed by atoms with van der Waals surface area (Å²) in [6, 6.07) is 3.63. The van der Waals surface area contributed by atoms with Crippen LogP contribution in [0.1, 0.15) is 11.6 Å². The third kappa shape index (κ3) is 3.53. The molecule has 0 bridgehead atoms. The van der Waals surface area contributed by atoms with E-state index < -0.39 is 21.9 Å². The molecule has 0 unspecified atom stereocenters. The zero-order chi connectivity index (χ0) is 21.6. The number of rotatable bonds is 5. The number of sulfonamides is 1. The highest BCUT2D eigenvalue weighted by atomic mass is 32.2. The Bertz CT molecular complexity index is 1200. The van der Waals surface area contributed by atoms with E-state index in [-0.39, 0.29) is 29.9 Å². The summed E-state index contributed by atoms with van der Waals surface area (Å²) in [5, 5.41) is 4.00. The van der Waals surface area contributed by atoms with Crippen LogP contribution in [0.25, 0.3) is 0 Å². The number of fused-ring (bicyclic) bond motifs is 3. The molecule has 1 fully saturated rings. The fraction of sp³-hybridized carbons (Fsp3) is 0.350. The Morgan fingerprint density at radius 2 is 2.16 bits per heavy atom. The van der Waals surface area contributed by atoms with Gasteiger partial charge >= 0.3 is 0 Å². The second kappa shape index (κ2) is 7.57. The largest absolute Gasteiger partial charge is 0.493 e. The summed E-state index contributed by atoms with van der Waals surface area (Å²) in [6.07, 6.45) is 7.34. The van der Waals surface area contributed by atoms with Gasteiger partial charge in [-0.15, -0.1) is 0 Å². The molecule has 9 nitrogen and oxygen atoms in total. The highest BCUT2D eigenvalue weighted by Crippen LogP contribution is 2.49. The van der Waals surface area contributed by atoms with Gasteiger partial charge in [0.25, 0.3) is 0 Å². The molecule has 0 radical (unpaired) electrons. The summed E-state index contributed by atoms with van der Waals surface area (Å²) in [5.74, 6) is 0.00796. The lowest BCUT2D eigenvalue weighted by atomic mass is 9.86. The van der Waals surface area contributed by atoms with Gasteiger partial charge in [-0.2, -0.15) is 9.40 Å². The number of hydrogen-bond acceptors (Lipinski definition) is 7. The van der Waals surface area contributed by atoms with E-state index >= 15 is 0 Å². The lowest BCUT2D eigenvalue weighted by Crippen LogP contribution is -2.35. The molecule has 1 saturated heterocycles. The fourth-order valence-corrected chi connectivity index (χ4v) is 5.97. The standard InChI is InChI=1S/C20H20FN5O4S/c1-25-10-15(7-24-25)31(27,28)26-9-13(11-30-19-8-22-4-5-23-19)17-12-29-18-3-2-14(21)6-16(18)20(17)26/h2-8,10,13,17,20H,9,11-12H2,1H3/t13-,17-,20-/m0/s1. The highest BCUT2D eigenvalue weighted by molar-refractivity contribution is 7.89. The molecule has 5 rings (SSSR count). The molecule has 4 heterocycles. The number of hydrogen-bond donors (Lipinski definition) is 0. The van der Waals surface area contributed by atoms with E-state index in [2.05, 4.69) is 15.1 Å². The van der Waals surface area contributed by atoms with Crippen LogP contribution in [0.5, 0.6) is 11.6 Å². The van der Waals surface area contributed by atoms with Crippen molar-refractivity contribution >= 4 is 10.0 Å². The van der Waals surface area contributed by atoms with Crippen LogP contribution in [-0.4, -0.2) is 52.2 Å². The molecule has 31 heavy (non-hydrogen) atoms.